The molecule has 2 heterocycles. The molecule has 18 heavy (non-hydrogen) atoms. The first kappa shape index (κ1) is 10.9. The topological polar surface area (TPSA) is 55.6 Å². The highest BCUT2D eigenvalue weighted by Crippen LogP contribution is 2.21. The first-order valence-electron chi connectivity index (χ1n) is 5.77. The van der Waals surface area contributed by atoms with E-state index >= 15 is 0 Å². The van der Waals surface area contributed by atoms with Crippen LogP contribution in [0.3, 0.4) is 0 Å². The van der Waals surface area contributed by atoms with E-state index in [1.54, 1.807) is 12.4 Å². The van der Waals surface area contributed by atoms with Crippen molar-refractivity contribution in [2.75, 3.05) is 7.05 Å². The summed E-state index contributed by atoms with van der Waals surface area (Å²) in [5.74, 6) is 0. The molecule has 3 rings (SSSR count). The van der Waals surface area contributed by atoms with Crippen LogP contribution in [0.4, 0.5) is 0 Å². The number of pyridine rings is 1. The average Bonchev–Trinajstić information content (AvgIpc) is 2.87. The average molecular weight is 239 g/mol. The van der Waals surface area contributed by atoms with Crippen LogP contribution in [0.1, 0.15) is 5.69 Å². The van der Waals surface area contributed by atoms with Crippen LogP contribution in [0, 0.1) is 0 Å². The molecular weight excluding hydrogens is 226 g/mol. The van der Waals surface area contributed by atoms with Gasteiger partial charge >= 0.3 is 0 Å². The Hall–Kier alpha value is -2.27. The van der Waals surface area contributed by atoms with Crippen molar-refractivity contribution >= 4 is 10.8 Å². The van der Waals surface area contributed by atoms with Crippen LogP contribution >= 0.6 is 0 Å². The van der Waals surface area contributed by atoms with Crippen molar-refractivity contribution in [3.05, 3.63) is 48.5 Å². The van der Waals surface area contributed by atoms with E-state index in [-0.39, 0.29) is 0 Å². The fraction of sp³-hybridized carbons (Fsp3) is 0.154. The zero-order valence-corrected chi connectivity index (χ0v) is 10.0. The van der Waals surface area contributed by atoms with Crippen LogP contribution in [0.2, 0.25) is 0 Å². The molecule has 5 heteroatoms. The van der Waals surface area contributed by atoms with Crippen molar-refractivity contribution in [3.63, 3.8) is 0 Å². The van der Waals surface area contributed by atoms with Gasteiger partial charge in [-0.2, -0.15) is 0 Å². The van der Waals surface area contributed by atoms with Gasteiger partial charge in [0.15, 0.2) is 0 Å². The molecule has 0 atom stereocenters. The lowest BCUT2D eigenvalue weighted by molar-refractivity contribution is 0.717. The number of nitrogens with zero attached hydrogens (tertiary/aromatic N) is 4. The van der Waals surface area contributed by atoms with Gasteiger partial charge in [0, 0.05) is 24.3 Å². The van der Waals surface area contributed by atoms with Crippen LogP contribution in [0.25, 0.3) is 16.5 Å². The van der Waals surface area contributed by atoms with Crippen LogP contribution in [0.5, 0.6) is 0 Å². The molecule has 2 aromatic heterocycles. The van der Waals surface area contributed by atoms with Crippen molar-refractivity contribution in [1.29, 1.82) is 0 Å². The van der Waals surface area contributed by atoms with Crippen molar-refractivity contribution < 1.29 is 0 Å². The van der Waals surface area contributed by atoms with Gasteiger partial charge in [-0.1, -0.05) is 17.3 Å². The minimum atomic E-state index is 0.726. The van der Waals surface area contributed by atoms with Gasteiger partial charge in [0.1, 0.15) is 0 Å². The predicted octanol–water partition coefficient (Wildman–Crippen LogP) is 1.53. The fourth-order valence-corrected chi connectivity index (χ4v) is 2.04. The Bertz CT molecular complexity index is 668. The van der Waals surface area contributed by atoms with E-state index in [1.165, 1.54) is 0 Å². The molecule has 1 N–H and O–H groups in total. The molecule has 0 saturated carbocycles. The van der Waals surface area contributed by atoms with Crippen LogP contribution in [-0.4, -0.2) is 27.0 Å². The minimum Gasteiger partial charge on any atom is -0.314 e. The number of benzene rings is 1. The van der Waals surface area contributed by atoms with Crippen molar-refractivity contribution in [3.8, 4) is 5.69 Å². The summed E-state index contributed by atoms with van der Waals surface area (Å²) < 4.78 is 1.85. The standard InChI is InChI=1S/C13H13N5/c1-14-7-11-8-16-17-18(11)13-4-2-3-10-5-6-15-9-12(10)13/h2-6,8-9,14H,7H2,1H3. The van der Waals surface area contributed by atoms with E-state index in [4.69, 9.17) is 0 Å². The summed E-state index contributed by atoms with van der Waals surface area (Å²) in [5.41, 5.74) is 2.03. The maximum Gasteiger partial charge on any atom is 0.0783 e. The van der Waals surface area contributed by atoms with Crippen LogP contribution in [-0.2, 0) is 6.54 Å². The first-order chi connectivity index (χ1) is 8.90. The highest BCUT2D eigenvalue weighted by molar-refractivity contribution is 5.89. The monoisotopic (exact) mass is 239 g/mol. The highest BCUT2D eigenvalue weighted by Gasteiger charge is 2.08. The summed E-state index contributed by atoms with van der Waals surface area (Å²) in [6, 6.07) is 8.10. The van der Waals surface area contributed by atoms with E-state index in [1.807, 2.05) is 36.1 Å². The van der Waals surface area contributed by atoms with Crippen molar-refractivity contribution in [1.82, 2.24) is 25.3 Å². The Balaban J connectivity index is 2.22. The van der Waals surface area contributed by atoms with Crippen molar-refractivity contribution in [2.24, 2.45) is 0 Å². The maximum atomic E-state index is 4.18. The van der Waals surface area contributed by atoms with Gasteiger partial charge in [-0.25, -0.2) is 4.68 Å². The molecule has 0 fully saturated rings. The fourth-order valence-electron chi connectivity index (χ4n) is 2.04. The Labute approximate surface area is 104 Å². The SMILES string of the molecule is CNCc1cnnn1-c1cccc2ccncc12. The number of hydrogen-bond donors (Lipinski definition) is 1. The Morgan fingerprint density at radius 2 is 2.17 bits per heavy atom. The molecule has 0 unspecified atom stereocenters. The molecular formula is C13H13N5. The van der Waals surface area contributed by atoms with E-state index in [0.717, 1.165) is 28.7 Å². The largest absolute Gasteiger partial charge is 0.314 e. The molecule has 1 aromatic carbocycles. The van der Waals surface area contributed by atoms with Crippen molar-refractivity contribution in [2.45, 2.75) is 6.54 Å². The quantitative estimate of drug-likeness (QED) is 0.753. The smallest absolute Gasteiger partial charge is 0.0783 e. The van der Waals surface area contributed by atoms with Gasteiger partial charge in [0.25, 0.3) is 0 Å². The molecule has 0 aliphatic heterocycles. The summed E-state index contributed by atoms with van der Waals surface area (Å²) in [6.07, 6.45) is 5.42. The normalized spacial score (nSPS) is 10.9. The number of nitrogens with one attached hydrogen (secondary N) is 1. The molecule has 3 aromatic rings. The maximum absolute atomic E-state index is 4.18. The highest BCUT2D eigenvalue weighted by atomic mass is 15.4. The lowest BCUT2D eigenvalue weighted by Gasteiger charge is -2.08. The van der Waals surface area contributed by atoms with Gasteiger partial charge in [-0.15, -0.1) is 5.10 Å². The molecule has 0 spiro atoms. The summed E-state index contributed by atoms with van der Waals surface area (Å²) in [7, 11) is 1.90. The third kappa shape index (κ3) is 1.74. The Morgan fingerprint density at radius 1 is 1.22 bits per heavy atom. The second-order valence-corrected chi connectivity index (χ2v) is 4.04. The second kappa shape index (κ2) is 4.54. The van der Waals surface area contributed by atoms with Gasteiger partial charge in [0.05, 0.1) is 17.6 Å². The molecule has 5 nitrogen and oxygen atoms in total. The van der Waals surface area contributed by atoms with Gasteiger partial charge < -0.3 is 5.32 Å². The molecule has 0 amide bonds. The lowest BCUT2D eigenvalue weighted by Crippen LogP contribution is -2.11. The zero-order valence-electron chi connectivity index (χ0n) is 10.0. The predicted molar refractivity (Wildman–Crippen MR) is 69.4 cm³/mol. The van der Waals surface area contributed by atoms with E-state index < -0.39 is 0 Å². The first-order valence-corrected chi connectivity index (χ1v) is 5.77. The van der Waals surface area contributed by atoms with E-state index in [0.29, 0.717) is 0 Å². The van der Waals surface area contributed by atoms with E-state index in [2.05, 4.69) is 26.7 Å². The number of rotatable bonds is 3. The summed E-state index contributed by atoms with van der Waals surface area (Å²) in [6.45, 7) is 0.726. The van der Waals surface area contributed by atoms with Gasteiger partial charge in [0.2, 0.25) is 0 Å². The molecule has 90 valence electrons. The second-order valence-electron chi connectivity index (χ2n) is 4.04. The lowest BCUT2D eigenvalue weighted by atomic mass is 10.1. The summed E-state index contributed by atoms with van der Waals surface area (Å²) in [5, 5.41) is 13.5. The molecule has 0 aliphatic carbocycles. The van der Waals surface area contributed by atoms with E-state index in [9.17, 15) is 0 Å². The Kier molecular flexibility index (Phi) is 2.74. The summed E-state index contributed by atoms with van der Waals surface area (Å²) in [4.78, 5) is 4.18. The molecule has 0 saturated heterocycles. The number of hydrogen-bond acceptors (Lipinski definition) is 4. The van der Waals surface area contributed by atoms with Crippen LogP contribution < -0.4 is 5.32 Å². The summed E-state index contributed by atoms with van der Waals surface area (Å²) >= 11 is 0. The Morgan fingerprint density at radius 3 is 3.06 bits per heavy atom. The van der Waals surface area contributed by atoms with Gasteiger partial charge in [-0.3, -0.25) is 4.98 Å². The molecule has 0 radical (unpaired) electrons. The third-order valence-corrected chi connectivity index (χ3v) is 2.87. The number of fused-ring (bicyclic) bond motifs is 1. The van der Waals surface area contributed by atoms with Gasteiger partial charge in [-0.05, 0) is 24.6 Å². The zero-order chi connectivity index (χ0) is 12.4. The third-order valence-electron chi connectivity index (χ3n) is 2.87. The molecule has 0 bridgehead atoms. The van der Waals surface area contributed by atoms with Crippen LogP contribution in [0.15, 0.2) is 42.9 Å². The minimum absolute atomic E-state index is 0.726. The molecule has 0 aliphatic rings. The number of aromatic nitrogens is 4.